The van der Waals surface area contributed by atoms with Crippen LogP contribution in [0.1, 0.15) is 18.1 Å². The number of nitrogens with one attached hydrogen (secondary N) is 2. The number of aryl methyl sites for hydroxylation is 2. The van der Waals surface area contributed by atoms with Gasteiger partial charge in [-0.25, -0.2) is 0 Å². The molecule has 0 fully saturated rings. The first-order valence-electron chi connectivity index (χ1n) is 7.08. The quantitative estimate of drug-likeness (QED) is 0.769. The van der Waals surface area contributed by atoms with E-state index in [0.717, 1.165) is 23.2 Å². The lowest BCUT2D eigenvalue weighted by Crippen LogP contribution is -2.05. The van der Waals surface area contributed by atoms with Gasteiger partial charge in [0.05, 0.1) is 11.6 Å². The second kappa shape index (κ2) is 5.81. The number of hydrogen-bond donors (Lipinski definition) is 2. The molecular formula is C15H17ClN6. The Balaban J connectivity index is 2.08. The highest BCUT2D eigenvalue weighted by Gasteiger charge is 2.13. The molecule has 0 saturated heterocycles. The number of nitrogens with zero attached hydrogens (tertiary/aromatic N) is 4. The van der Waals surface area contributed by atoms with Crippen molar-refractivity contribution in [2.24, 2.45) is 0 Å². The molecule has 2 heterocycles. The Hall–Kier alpha value is -2.34. The second-order valence-corrected chi connectivity index (χ2v) is 5.43. The molecule has 7 heteroatoms. The van der Waals surface area contributed by atoms with Gasteiger partial charge in [0.25, 0.3) is 0 Å². The van der Waals surface area contributed by atoms with Crippen molar-refractivity contribution in [2.75, 3.05) is 17.2 Å². The molecule has 3 rings (SSSR count). The van der Waals surface area contributed by atoms with Gasteiger partial charge in [0.1, 0.15) is 5.82 Å². The van der Waals surface area contributed by atoms with Crippen LogP contribution in [-0.4, -0.2) is 25.8 Å². The molecule has 0 radical (unpaired) electrons. The predicted octanol–water partition coefficient (Wildman–Crippen LogP) is 3.62. The number of halogens is 1. The fraction of sp³-hybridized carbons (Fsp3) is 0.267. The Bertz CT molecular complexity index is 826. The van der Waals surface area contributed by atoms with E-state index in [4.69, 9.17) is 11.8 Å². The van der Waals surface area contributed by atoms with E-state index in [1.165, 1.54) is 9.76 Å². The Morgan fingerprint density at radius 3 is 2.77 bits per heavy atom. The zero-order chi connectivity index (χ0) is 15.7. The minimum atomic E-state index is 0.518. The molecule has 0 atom stereocenters. The van der Waals surface area contributed by atoms with E-state index in [1.54, 1.807) is 6.20 Å². The Morgan fingerprint density at radius 1 is 1.23 bits per heavy atom. The topological polar surface area (TPSA) is 67.7 Å². The number of hydrogen-bond acceptors (Lipinski definition) is 5. The van der Waals surface area contributed by atoms with Gasteiger partial charge in [-0.15, -0.1) is 0 Å². The number of benzene rings is 1. The van der Waals surface area contributed by atoms with Gasteiger partial charge in [0.2, 0.25) is 5.95 Å². The number of fused-ring (bicyclic) bond motifs is 1. The van der Waals surface area contributed by atoms with Crippen LogP contribution in [0.15, 0.2) is 24.4 Å². The summed E-state index contributed by atoms with van der Waals surface area (Å²) in [6.45, 7) is 6.85. The summed E-state index contributed by atoms with van der Waals surface area (Å²) >= 11 is 6.03. The van der Waals surface area contributed by atoms with Gasteiger partial charge in [-0.3, -0.25) is 0 Å². The Morgan fingerprint density at radius 2 is 2.05 bits per heavy atom. The third-order valence-electron chi connectivity index (χ3n) is 3.36. The third-order valence-corrected chi connectivity index (χ3v) is 3.61. The number of rotatable bonds is 4. The molecule has 0 aliphatic carbocycles. The third kappa shape index (κ3) is 2.69. The van der Waals surface area contributed by atoms with Crippen molar-refractivity contribution in [3.8, 4) is 0 Å². The Labute approximate surface area is 133 Å². The second-order valence-electron chi connectivity index (χ2n) is 5.11. The highest BCUT2D eigenvalue weighted by molar-refractivity contribution is 6.18. The van der Waals surface area contributed by atoms with Crippen molar-refractivity contribution < 1.29 is 0 Å². The lowest BCUT2D eigenvalue weighted by molar-refractivity contribution is 0.998. The highest BCUT2D eigenvalue weighted by atomic mass is 35.5. The van der Waals surface area contributed by atoms with Crippen molar-refractivity contribution in [3.63, 3.8) is 0 Å². The lowest BCUT2D eigenvalue weighted by Gasteiger charge is -2.11. The summed E-state index contributed by atoms with van der Waals surface area (Å²) in [4.78, 5) is 8.89. The van der Waals surface area contributed by atoms with Crippen LogP contribution in [0, 0.1) is 13.8 Å². The molecule has 1 aromatic carbocycles. The van der Waals surface area contributed by atoms with Crippen LogP contribution in [-0.2, 0) is 0 Å². The molecule has 6 nitrogen and oxygen atoms in total. The predicted molar refractivity (Wildman–Crippen MR) is 89.9 cm³/mol. The van der Waals surface area contributed by atoms with Crippen molar-refractivity contribution in [1.29, 1.82) is 0 Å². The Kier molecular flexibility index (Phi) is 3.85. The smallest absolute Gasteiger partial charge is 0.226 e. The van der Waals surface area contributed by atoms with Gasteiger partial charge in [0, 0.05) is 24.0 Å². The first-order valence-corrected chi connectivity index (χ1v) is 7.42. The summed E-state index contributed by atoms with van der Waals surface area (Å²) in [5.41, 5.74) is 3.93. The summed E-state index contributed by atoms with van der Waals surface area (Å²) in [6, 6.07) is 6.22. The maximum atomic E-state index is 6.03. The average molecular weight is 317 g/mol. The van der Waals surface area contributed by atoms with Crippen molar-refractivity contribution >= 4 is 40.3 Å². The SMILES string of the molecule is CCNc1nc(Nc2ccc(C)cc2C)c2cnn(Cl)c2n1. The minimum absolute atomic E-state index is 0.518. The molecule has 2 N–H and O–H groups in total. The van der Waals surface area contributed by atoms with Gasteiger partial charge in [0.15, 0.2) is 5.65 Å². The summed E-state index contributed by atoms with van der Waals surface area (Å²) in [7, 11) is 0. The molecule has 0 aliphatic heterocycles. The van der Waals surface area contributed by atoms with E-state index in [2.05, 4.69) is 51.7 Å². The summed E-state index contributed by atoms with van der Waals surface area (Å²) < 4.78 is 1.23. The molecular weight excluding hydrogens is 300 g/mol. The standard InChI is InChI=1S/C15H17ClN6/c1-4-17-15-20-13(11-8-18-22(16)14(11)21-15)19-12-6-5-9(2)7-10(12)3/h5-8H,4H2,1-3H3,(H2,17,19,20,21). The summed E-state index contributed by atoms with van der Waals surface area (Å²) in [6.07, 6.45) is 1.66. The van der Waals surface area contributed by atoms with E-state index >= 15 is 0 Å². The van der Waals surface area contributed by atoms with E-state index in [-0.39, 0.29) is 0 Å². The van der Waals surface area contributed by atoms with Crippen LogP contribution >= 0.6 is 11.8 Å². The fourth-order valence-electron chi connectivity index (χ4n) is 2.29. The molecule has 0 saturated carbocycles. The maximum absolute atomic E-state index is 6.03. The zero-order valence-electron chi connectivity index (χ0n) is 12.7. The molecule has 0 spiro atoms. The van der Waals surface area contributed by atoms with Crippen LogP contribution in [0.4, 0.5) is 17.5 Å². The van der Waals surface area contributed by atoms with Crippen LogP contribution in [0.5, 0.6) is 0 Å². The van der Waals surface area contributed by atoms with Crippen LogP contribution in [0.3, 0.4) is 0 Å². The van der Waals surface area contributed by atoms with Crippen LogP contribution in [0.25, 0.3) is 11.0 Å². The molecule has 0 bridgehead atoms. The van der Waals surface area contributed by atoms with Crippen molar-refractivity contribution in [3.05, 3.63) is 35.5 Å². The summed E-state index contributed by atoms with van der Waals surface area (Å²) in [5, 5.41) is 11.3. The van der Waals surface area contributed by atoms with Crippen LogP contribution in [0.2, 0.25) is 0 Å². The largest absolute Gasteiger partial charge is 0.354 e. The zero-order valence-corrected chi connectivity index (χ0v) is 13.4. The summed E-state index contributed by atoms with van der Waals surface area (Å²) in [5.74, 6) is 1.20. The first kappa shape index (κ1) is 14.6. The lowest BCUT2D eigenvalue weighted by atomic mass is 10.1. The van der Waals surface area contributed by atoms with Gasteiger partial charge in [-0.2, -0.15) is 19.3 Å². The normalized spacial score (nSPS) is 10.9. The molecule has 0 aliphatic rings. The molecule has 22 heavy (non-hydrogen) atoms. The van der Waals surface area contributed by atoms with Crippen LogP contribution < -0.4 is 10.6 Å². The van der Waals surface area contributed by atoms with Gasteiger partial charge < -0.3 is 10.6 Å². The molecule has 0 unspecified atom stereocenters. The molecule has 2 aromatic heterocycles. The average Bonchev–Trinajstić information content (AvgIpc) is 2.84. The van der Waals surface area contributed by atoms with E-state index in [0.29, 0.717) is 17.4 Å². The fourth-order valence-corrected chi connectivity index (χ4v) is 2.47. The van der Waals surface area contributed by atoms with Crippen molar-refractivity contribution in [1.82, 2.24) is 19.3 Å². The van der Waals surface area contributed by atoms with E-state index < -0.39 is 0 Å². The highest BCUT2D eigenvalue weighted by Crippen LogP contribution is 2.27. The number of aromatic nitrogens is 4. The molecule has 0 amide bonds. The first-order chi connectivity index (χ1) is 10.6. The molecule has 114 valence electrons. The van der Waals surface area contributed by atoms with E-state index in [9.17, 15) is 0 Å². The number of anilines is 3. The van der Waals surface area contributed by atoms with Gasteiger partial charge in [-0.05, 0) is 32.4 Å². The monoisotopic (exact) mass is 316 g/mol. The van der Waals surface area contributed by atoms with Crippen molar-refractivity contribution in [2.45, 2.75) is 20.8 Å². The van der Waals surface area contributed by atoms with Gasteiger partial charge in [-0.1, -0.05) is 17.7 Å². The van der Waals surface area contributed by atoms with E-state index in [1.807, 2.05) is 13.0 Å². The minimum Gasteiger partial charge on any atom is -0.354 e. The maximum Gasteiger partial charge on any atom is 0.226 e. The molecule has 3 aromatic rings. The van der Waals surface area contributed by atoms with Gasteiger partial charge >= 0.3 is 0 Å².